The third-order valence-corrected chi connectivity index (χ3v) is 1.53. The lowest BCUT2D eigenvalue weighted by molar-refractivity contribution is -0.166. The highest BCUT2D eigenvalue weighted by Crippen LogP contribution is 2.00. The molecule has 0 heterocycles. The van der Waals surface area contributed by atoms with E-state index >= 15 is 0 Å². The summed E-state index contributed by atoms with van der Waals surface area (Å²) in [5.41, 5.74) is 0. The highest BCUT2D eigenvalue weighted by molar-refractivity contribution is 5.81. The van der Waals surface area contributed by atoms with Crippen LogP contribution in [-0.2, 0) is 23.9 Å². The van der Waals surface area contributed by atoms with Gasteiger partial charge in [0.1, 0.15) is 6.61 Å². The Morgan fingerprint density at radius 3 is 2.50 bits per heavy atom. The van der Waals surface area contributed by atoms with Gasteiger partial charge in [-0.3, -0.25) is 9.59 Å². The first kappa shape index (κ1) is 14.2. The van der Waals surface area contributed by atoms with Crippen molar-refractivity contribution in [3.8, 4) is 0 Å². The lowest BCUT2D eigenvalue weighted by atomic mass is 10.3. The Morgan fingerprint density at radius 1 is 1.38 bits per heavy atom. The molecule has 0 aromatic carbocycles. The van der Waals surface area contributed by atoms with Gasteiger partial charge in [0.25, 0.3) is 0 Å². The number of aliphatic carboxylic acids is 1. The highest BCUT2D eigenvalue weighted by atomic mass is 16.6. The van der Waals surface area contributed by atoms with Crippen molar-refractivity contribution in [2.24, 2.45) is 0 Å². The Balaban J connectivity index is 3.88. The number of carboxylic acids is 1. The third-order valence-electron chi connectivity index (χ3n) is 1.53. The summed E-state index contributed by atoms with van der Waals surface area (Å²) in [6.45, 7) is 4.74. The van der Waals surface area contributed by atoms with Crippen LogP contribution < -0.4 is 0 Å². The SMILES string of the molecule is C=CCOC(=O)[C@H](C)OC(=O)CCC(=O)O. The average Bonchev–Trinajstić information content (AvgIpc) is 2.22. The molecule has 90 valence electrons. The van der Waals surface area contributed by atoms with Gasteiger partial charge >= 0.3 is 17.9 Å². The molecule has 0 aliphatic rings. The van der Waals surface area contributed by atoms with E-state index in [0.29, 0.717) is 0 Å². The fraction of sp³-hybridized carbons (Fsp3) is 0.500. The Morgan fingerprint density at radius 2 is 2.00 bits per heavy atom. The fourth-order valence-electron chi connectivity index (χ4n) is 0.772. The smallest absolute Gasteiger partial charge is 0.347 e. The van der Waals surface area contributed by atoms with Gasteiger partial charge in [0, 0.05) is 0 Å². The average molecular weight is 230 g/mol. The summed E-state index contributed by atoms with van der Waals surface area (Å²) in [7, 11) is 0. The predicted octanol–water partition coefficient (Wildman–Crippen LogP) is 0.512. The fourth-order valence-corrected chi connectivity index (χ4v) is 0.772. The minimum atomic E-state index is -1.10. The van der Waals surface area contributed by atoms with E-state index in [1.54, 1.807) is 0 Å². The first-order valence-electron chi connectivity index (χ1n) is 4.66. The lowest BCUT2D eigenvalue weighted by Gasteiger charge is -2.11. The number of carbonyl (C=O) groups is 3. The zero-order chi connectivity index (χ0) is 12.6. The van der Waals surface area contributed by atoms with Crippen molar-refractivity contribution >= 4 is 17.9 Å². The topological polar surface area (TPSA) is 89.9 Å². The molecule has 0 aliphatic carbocycles. The number of hydrogen-bond acceptors (Lipinski definition) is 5. The van der Waals surface area contributed by atoms with Crippen LogP contribution in [0.25, 0.3) is 0 Å². The lowest BCUT2D eigenvalue weighted by Crippen LogP contribution is -2.26. The number of hydrogen-bond donors (Lipinski definition) is 1. The zero-order valence-electron chi connectivity index (χ0n) is 8.97. The highest BCUT2D eigenvalue weighted by Gasteiger charge is 2.19. The predicted molar refractivity (Wildman–Crippen MR) is 53.6 cm³/mol. The van der Waals surface area contributed by atoms with Gasteiger partial charge < -0.3 is 14.6 Å². The van der Waals surface area contributed by atoms with E-state index in [9.17, 15) is 14.4 Å². The van der Waals surface area contributed by atoms with Gasteiger partial charge in [-0.25, -0.2) is 4.79 Å². The second kappa shape index (κ2) is 7.44. The van der Waals surface area contributed by atoms with Crippen LogP contribution in [0, 0.1) is 0 Å². The summed E-state index contributed by atoms with van der Waals surface area (Å²) in [6.07, 6.45) is -0.250. The summed E-state index contributed by atoms with van der Waals surface area (Å²) < 4.78 is 9.28. The molecule has 6 nitrogen and oxygen atoms in total. The van der Waals surface area contributed by atoms with E-state index in [1.807, 2.05) is 0 Å². The zero-order valence-corrected chi connectivity index (χ0v) is 8.97. The number of esters is 2. The minimum absolute atomic E-state index is 0.0375. The maximum atomic E-state index is 11.1. The molecule has 0 saturated carbocycles. The van der Waals surface area contributed by atoms with Gasteiger partial charge in [0.15, 0.2) is 6.10 Å². The molecule has 0 amide bonds. The van der Waals surface area contributed by atoms with Crippen LogP contribution in [0.4, 0.5) is 0 Å². The van der Waals surface area contributed by atoms with Crippen molar-refractivity contribution in [1.29, 1.82) is 0 Å². The van der Waals surface area contributed by atoms with Crippen LogP contribution in [0.5, 0.6) is 0 Å². The third kappa shape index (κ3) is 6.58. The van der Waals surface area contributed by atoms with Crippen LogP contribution in [0.3, 0.4) is 0 Å². The van der Waals surface area contributed by atoms with Gasteiger partial charge in [0.05, 0.1) is 12.8 Å². The quantitative estimate of drug-likeness (QED) is 0.506. The maximum Gasteiger partial charge on any atom is 0.347 e. The van der Waals surface area contributed by atoms with Crippen molar-refractivity contribution in [2.45, 2.75) is 25.9 Å². The van der Waals surface area contributed by atoms with Crippen molar-refractivity contribution in [2.75, 3.05) is 6.61 Å². The summed E-state index contributed by atoms with van der Waals surface area (Å²) in [5, 5.41) is 8.31. The van der Waals surface area contributed by atoms with E-state index in [0.717, 1.165) is 0 Å². The van der Waals surface area contributed by atoms with Gasteiger partial charge in [-0.15, -0.1) is 0 Å². The molecule has 0 aromatic heterocycles. The van der Waals surface area contributed by atoms with Crippen LogP contribution >= 0.6 is 0 Å². The van der Waals surface area contributed by atoms with Crippen LogP contribution in [-0.4, -0.2) is 35.7 Å². The van der Waals surface area contributed by atoms with Crippen LogP contribution in [0.1, 0.15) is 19.8 Å². The van der Waals surface area contributed by atoms with E-state index < -0.39 is 24.0 Å². The Kier molecular flexibility index (Phi) is 6.58. The van der Waals surface area contributed by atoms with Crippen molar-refractivity contribution < 1.29 is 29.0 Å². The summed E-state index contributed by atoms with van der Waals surface area (Å²) in [6, 6.07) is 0. The number of carboxylic acid groups (broad SMARTS) is 1. The monoisotopic (exact) mass is 230 g/mol. The molecule has 16 heavy (non-hydrogen) atoms. The number of carbonyl (C=O) groups excluding carboxylic acids is 2. The molecule has 0 fully saturated rings. The van der Waals surface area contributed by atoms with E-state index in [-0.39, 0.29) is 19.4 Å². The first-order valence-corrected chi connectivity index (χ1v) is 4.66. The number of rotatable bonds is 7. The standard InChI is InChI=1S/C10H14O6/c1-3-6-15-10(14)7(2)16-9(13)5-4-8(11)12/h3,7H,1,4-6H2,2H3,(H,11,12)/t7-/m0/s1. The molecule has 1 N–H and O–H groups in total. The van der Waals surface area contributed by atoms with Gasteiger partial charge in [-0.1, -0.05) is 12.7 Å². The molecule has 0 rings (SSSR count). The second-order valence-corrected chi connectivity index (χ2v) is 2.94. The molecule has 0 unspecified atom stereocenters. The minimum Gasteiger partial charge on any atom is -0.481 e. The van der Waals surface area contributed by atoms with E-state index in [1.165, 1.54) is 13.0 Å². The van der Waals surface area contributed by atoms with Crippen LogP contribution in [0.2, 0.25) is 0 Å². The maximum absolute atomic E-state index is 11.1. The van der Waals surface area contributed by atoms with E-state index in [4.69, 9.17) is 5.11 Å². The van der Waals surface area contributed by atoms with Crippen LogP contribution in [0.15, 0.2) is 12.7 Å². The summed E-state index contributed by atoms with van der Waals surface area (Å²) >= 11 is 0. The molecular weight excluding hydrogens is 216 g/mol. The molecule has 1 atom stereocenters. The van der Waals surface area contributed by atoms with Gasteiger partial charge in [-0.05, 0) is 6.92 Å². The molecule has 0 aliphatic heterocycles. The Hall–Kier alpha value is -1.85. The molecule has 0 aromatic rings. The van der Waals surface area contributed by atoms with Crippen molar-refractivity contribution in [3.05, 3.63) is 12.7 Å². The first-order chi connectivity index (χ1) is 7.47. The molecule has 0 radical (unpaired) electrons. The summed E-state index contributed by atoms with van der Waals surface area (Å²) in [4.78, 5) is 32.3. The molecule has 0 saturated heterocycles. The Bertz CT molecular complexity index is 283. The normalized spacial score (nSPS) is 11.3. The second-order valence-electron chi connectivity index (χ2n) is 2.94. The molecular formula is C10H14O6. The Labute approximate surface area is 92.8 Å². The molecule has 6 heteroatoms. The summed E-state index contributed by atoms with van der Waals surface area (Å²) in [5.74, 6) is -2.53. The van der Waals surface area contributed by atoms with E-state index in [2.05, 4.69) is 16.1 Å². The number of ether oxygens (including phenoxy) is 2. The van der Waals surface area contributed by atoms with Crippen molar-refractivity contribution in [1.82, 2.24) is 0 Å². The van der Waals surface area contributed by atoms with Crippen molar-refractivity contribution in [3.63, 3.8) is 0 Å². The largest absolute Gasteiger partial charge is 0.481 e. The van der Waals surface area contributed by atoms with Gasteiger partial charge in [-0.2, -0.15) is 0 Å². The molecule has 0 spiro atoms. The molecule has 0 bridgehead atoms. The van der Waals surface area contributed by atoms with Gasteiger partial charge in [0.2, 0.25) is 0 Å².